The number of hydrogen-bond donors (Lipinski definition) is 2. The molecule has 2 N–H and O–H groups in total. The van der Waals surface area contributed by atoms with Crippen molar-refractivity contribution >= 4 is 11.3 Å². The SMILES string of the molecule is Cc1ccc(-c2ccccc2NC=C(C#N)c2nn[nH]n2)cc1. The van der Waals surface area contributed by atoms with Crippen LogP contribution >= 0.6 is 0 Å². The van der Waals surface area contributed by atoms with Crippen molar-refractivity contribution < 1.29 is 0 Å². The summed E-state index contributed by atoms with van der Waals surface area (Å²) in [6.45, 7) is 2.06. The van der Waals surface area contributed by atoms with Crippen molar-refractivity contribution in [3.05, 3.63) is 66.1 Å². The van der Waals surface area contributed by atoms with Crippen LogP contribution in [0.3, 0.4) is 0 Å². The molecule has 0 fully saturated rings. The minimum atomic E-state index is 0.257. The number of tetrazole rings is 1. The number of aromatic nitrogens is 4. The molecule has 0 atom stereocenters. The summed E-state index contributed by atoms with van der Waals surface area (Å²) in [4.78, 5) is 0. The van der Waals surface area contributed by atoms with Gasteiger partial charge in [0.1, 0.15) is 11.6 Å². The Labute approximate surface area is 133 Å². The molecule has 1 heterocycles. The van der Waals surface area contributed by atoms with Crippen LogP contribution in [0.4, 0.5) is 5.69 Å². The van der Waals surface area contributed by atoms with Crippen LogP contribution in [0.5, 0.6) is 0 Å². The summed E-state index contributed by atoms with van der Waals surface area (Å²) >= 11 is 0. The predicted octanol–water partition coefficient (Wildman–Crippen LogP) is 3.15. The second-order valence-electron chi connectivity index (χ2n) is 4.96. The van der Waals surface area contributed by atoms with Gasteiger partial charge < -0.3 is 5.32 Å². The maximum atomic E-state index is 9.21. The highest BCUT2D eigenvalue weighted by molar-refractivity contribution is 5.81. The largest absolute Gasteiger partial charge is 0.360 e. The Hall–Kier alpha value is -3.46. The lowest BCUT2D eigenvalue weighted by molar-refractivity contribution is 0.881. The first-order chi connectivity index (χ1) is 11.3. The van der Waals surface area contributed by atoms with Gasteiger partial charge in [-0.05, 0) is 23.8 Å². The van der Waals surface area contributed by atoms with E-state index in [1.807, 2.05) is 24.3 Å². The van der Waals surface area contributed by atoms with Gasteiger partial charge in [0.05, 0.1) is 0 Å². The Bertz CT molecular complexity index is 857. The zero-order chi connectivity index (χ0) is 16.1. The molecule has 3 rings (SSSR count). The van der Waals surface area contributed by atoms with E-state index in [-0.39, 0.29) is 5.82 Å². The van der Waals surface area contributed by atoms with Gasteiger partial charge in [-0.15, -0.1) is 10.2 Å². The number of para-hydroxylation sites is 1. The molecule has 112 valence electrons. The molecule has 0 amide bonds. The quantitative estimate of drug-likeness (QED) is 0.722. The zero-order valence-electron chi connectivity index (χ0n) is 12.5. The van der Waals surface area contributed by atoms with Crippen LogP contribution in [-0.2, 0) is 0 Å². The van der Waals surface area contributed by atoms with Gasteiger partial charge in [0, 0.05) is 17.5 Å². The summed E-state index contributed by atoms with van der Waals surface area (Å²) in [5.41, 5.74) is 4.56. The highest BCUT2D eigenvalue weighted by Crippen LogP contribution is 2.28. The molecular weight excluding hydrogens is 288 g/mol. The van der Waals surface area contributed by atoms with E-state index in [2.05, 4.69) is 63.2 Å². The Morgan fingerprint density at radius 3 is 2.65 bits per heavy atom. The minimum absolute atomic E-state index is 0.257. The third-order valence-corrected chi connectivity index (χ3v) is 3.37. The predicted molar refractivity (Wildman–Crippen MR) is 88.0 cm³/mol. The van der Waals surface area contributed by atoms with E-state index >= 15 is 0 Å². The van der Waals surface area contributed by atoms with Gasteiger partial charge in [-0.25, -0.2) is 0 Å². The van der Waals surface area contributed by atoms with Crippen molar-refractivity contribution in [2.24, 2.45) is 0 Å². The standard InChI is InChI=1S/C17H14N6/c1-12-6-8-13(9-7-12)15-4-2-3-5-16(15)19-11-14(10-18)17-20-22-23-21-17/h2-9,11,19H,1H3,(H,20,21,22,23). The number of H-pyrrole nitrogens is 1. The number of allylic oxidation sites excluding steroid dienone is 1. The van der Waals surface area contributed by atoms with Crippen molar-refractivity contribution in [3.8, 4) is 17.2 Å². The number of anilines is 1. The lowest BCUT2D eigenvalue weighted by Gasteiger charge is -2.10. The average molecular weight is 302 g/mol. The van der Waals surface area contributed by atoms with Crippen LogP contribution in [0.1, 0.15) is 11.4 Å². The fourth-order valence-electron chi connectivity index (χ4n) is 2.17. The molecule has 0 unspecified atom stereocenters. The Morgan fingerprint density at radius 1 is 1.17 bits per heavy atom. The van der Waals surface area contributed by atoms with E-state index in [0.29, 0.717) is 5.57 Å². The monoisotopic (exact) mass is 302 g/mol. The molecule has 0 bridgehead atoms. The number of nitrogens with one attached hydrogen (secondary N) is 2. The Balaban J connectivity index is 1.92. The number of aromatic amines is 1. The van der Waals surface area contributed by atoms with Crippen LogP contribution in [-0.4, -0.2) is 20.6 Å². The molecule has 0 aliphatic carbocycles. The maximum Gasteiger partial charge on any atom is 0.216 e. The van der Waals surface area contributed by atoms with Crippen LogP contribution in [0.25, 0.3) is 16.7 Å². The zero-order valence-corrected chi connectivity index (χ0v) is 12.5. The molecule has 3 aromatic rings. The van der Waals surface area contributed by atoms with Crippen molar-refractivity contribution in [2.75, 3.05) is 5.32 Å². The first-order valence-electron chi connectivity index (χ1n) is 7.04. The van der Waals surface area contributed by atoms with Gasteiger partial charge in [0.15, 0.2) is 0 Å². The molecule has 6 nitrogen and oxygen atoms in total. The molecule has 0 saturated carbocycles. The Morgan fingerprint density at radius 2 is 1.96 bits per heavy atom. The van der Waals surface area contributed by atoms with Crippen molar-refractivity contribution in [1.29, 1.82) is 5.26 Å². The maximum absolute atomic E-state index is 9.21. The first kappa shape index (κ1) is 14.5. The lowest BCUT2D eigenvalue weighted by atomic mass is 10.0. The van der Waals surface area contributed by atoms with Crippen molar-refractivity contribution in [1.82, 2.24) is 20.6 Å². The van der Waals surface area contributed by atoms with Crippen LogP contribution in [0.15, 0.2) is 54.7 Å². The number of nitriles is 1. The first-order valence-corrected chi connectivity index (χ1v) is 7.04. The van der Waals surface area contributed by atoms with Crippen molar-refractivity contribution in [2.45, 2.75) is 6.92 Å². The van der Waals surface area contributed by atoms with Crippen LogP contribution in [0, 0.1) is 18.3 Å². The molecule has 0 aliphatic heterocycles. The number of nitrogens with zero attached hydrogens (tertiary/aromatic N) is 4. The molecule has 0 saturated heterocycles. The second kappa shape index (κ2) is 6.54. The highest BCUT2D eigenvalue weighted by Gasteiger charge is 2.07. The molecule has 0 aliphatic rings. The van der Waals surface area contributed by atoms with E-state index in [1.54, 1.807) is 6.20 Å². The van der Waals surface area contributed by atoms with E-state index < -0.39 is 0 Å². The summed E-state index contributed by atoms with van der Waals surface area (Å²) in [5, 5.41) is 25.8. The van der Waals surface area contributed by atoms with Gasteiger partial charge in [0.25, 0.3) is 0 Å². The summed E-state index contributed by atoms with van der Waals surface area (Å²) in [6, 6.07) is 18.2. The van der Waals surface area contributed by atoms with Gasteiger partial charge in [-0.1, -0.05) is 48.0 Å². The lowest BCUT2D eigenvalue weighted by Crippen LogP contribution is -1.95. The fraction of sp³-hybridized carbons (Fsp3) is 0.0588. The van der Waals surface area contributed by atoms with E-state index in [0.717, 1.165) is 16.8 Å². The summed E-state index contributed by atoms with van der Waals surface area (Å²) < 4.78 is 0. The summed E-state index contributed by atoms with van der Waals surface area (Å²) in [5.74, 6) is 0.257. The summed E-state index contributed by atoms with van der Waals surface area (Å²) in [6.07, 6.45) is 1.58. The number of rotatable bonds is 4. The van der Waals surface area contributed by atoms with Gasteiger partial charge in [-0.3, -0.25) is 0 Å². The minimum Gasteiger partial charge on any atom is -0.360 e. The second-order valence-corrected chi connectivity index (χ2v) is 4.96. The van der Waals surface area contributed by atoms with Crippen molar-refractivity contribution in [3.63, 3.8) is 0 Å². The third kappa shape index (κ3) is 3.24. The van der Waals surface area contributed by atoms with E-state index in [1.165, 1.54) is 5.56 Å². The molecule has 2 aromatic carbocycles. The molecular formula is C17H14N6. The molecule has 1 aromatic heterocycles. The van der Waals surface area contributed by atoms with Crippen LogP contribution < -0.4 is 5.32 Å². The van der Waals surface area contributed by atoms with Gasteiger partial charge in [0.2, 0.25) is 5.82 Å². The van der Waals surface area contributed by atoms with E-state index in [4.69, 9.17) is 0 Å². The fourth-order valence-corrected chi connectivity index (χ4v) is 2.17. The molecule has 0 radical (unpaired) electrons. The Kier molecular flexibility index (Phi) is 4.11. The summed E-state index contributed by atoms with van der Waals surface area (Å²) in [7, 11) is 0. The topological polar surface area (TPSA) is 90.3 Å². The van der Waals surface area contributed by atoms with Gasteiger partial charge in [-0.2, -0.15) is 10.5 Å². The van der Waals surface area contributed by atoms with E-state index in [9.17, 15) is 5.26 Å². The number of benzene rings is 2. The third-order valence-electron chi connectivity index (χ3n) is 3.37. The average Bonchev–Trinajstić information content (AvgIpc) is 3.11. The number of hydrogen-bond acceptors (Lipinski definition) is 5. The van der Waals surface area contributed by atoms with Crippen LogP contribution in [0.2, 0.25) is 0 Å². The smallest absolute Gasteiger partial charge is 0.216 e. The molecule has 23 heavy (non-hydrogen) atoms. The normalized spacial score (nSPS) is 11.0. The molecule has 0 spiro atoms. The highest BCUT2D eigenvalue weighted by atomic mass is 15.5. The molecule has 6 heteroatoms. The number of aryl methyl sites for hydroxylation is 1. The van der Waals surface area contributed by atoms with Gasteiger partial charge >= 0.3 is 0 Å².